The molecule has 0 saturated carbocycles. The second-order valence-electron chi connectivity index (χ2n) is 4.77. The van der Waals surface area contributed by atoms with E-state index in [0.29, 0.717) is 5.56 Å². The molecular weight excluding hydrogens is 270 g/mol. The molecule has 1 unspecified atom stereocenters. The molecule has 2 heterocycles. The Bertz CT molecular complexity index is 759. The predicted molar refractivity (Wildman–Crippen MR) is 81.0 cm³/mol. The van der Waals surface area contributed by atoms with Crippen molar-refractivity contribution in [3.8, 4) is 0 Å². The Labute approximate surface area is 120 Å². The lowest BCUT2D eigenvalue weighted by atomic mass is 10.1. The summed E-state index contributed by atoms with van der Waals surface area (Å²) >= 11 is 1.57. The van der Waals surface area contributed by atoms with Crippen molar-refractivity contribution in [1.82, 2.24) is 15.3 Å². The maximum Gasteiger partial charge on any atom is 0.254 e. The number of thiazole rings is 1. The standard InChI is InChI=1S/C15H15N3OS/c1-9-8-20-15(17-9)10(2)18-14(19)12-7-16-13-6-4-3-5-11(12)13/h3-8,10,16H,1-2H3,(H,18,19). The third-order valence-corrected chi connectivity index (χ3v) is 4.33. The number of aryl methyl sites for hydroxylation is 1. The molecule has 0 bridgehead atoms. The summed E-state index contributed by atoms with van der Waals surface area (Å²) in [7, 11) is 0. The highest BCUT2D eigenvalue weighted by atomic mass is 32.1. The lowest BCUT2D eigenvalue weighted by Crippen LogP contribution is -2.26. The van der Waals surface area contributed by atoms with Gasteiger partial charge in [0.05, 0.1) is 11.6 Å². The predicted octanol–water partition coefficient (Wildman–Crippen LogP) is 3.42. The van der Waals surface area contributed by atoms with Crippen molar-refractivity contribution in [2.45, 2.75) is 19.9 Å². The summed E-state index contributed by atoms with van der Waals surface area (Å²) in [6.07, 6.45) is 1.75. The van der Waals surface area contributed by atoms with Gasteiger partial charge in [-0.3, -0.25) is 4.79 Å². The first-order valence-electron chi connectivity index (χ1n) is 6.44. The van der Waals surface area contributed by atoms with E-state index in [4.69, 9.17) is 0 Å². The highest BCUT2D eigenvalue weighted by molar-refractivity contribution is 7.09. The molecule has 1 atom stereocenters. The van der Waals surface area contributed by atoms with E-state index in [1.165, 1.54) is 0 Å². The SMILES string of the molecule is Cc1csc(C(C)NC(=O)c2c[nH]c3ccccc23)n1. The fourth-order valence-corrected chi connectivity index (χ4v) is 2.97. The average molecular weight is 285 g/mol. The maximum absolute atomic E-state index is 12.4. The summed E-state index contributed by atoms with van der Waals surface area (Å²) in [5.41, 5.74) is 2.62. The van der Waals surface area contributed by atoms with E-state index in [1.54, 1.807) is 17.5 Å². The van der Waals surface area contributed by atoms with Crippen LogP contribution in [0.3, 0.4) is 0 Å². The Balaban J connectivity index is 1.82. The number of aromatic amines is 1. The molecular formula is C15H15N3OS. The van der Waals surface area contributed by atoms with Crippen LogP contribution in [0.15, 0.2) is 35.8 Å². The lowest BCUT2D eigenvalue weighted by molar-refractivity contribution is 0.0941. The highest BCUT2D eigenvalue weighted by Gasteiger charge is 2.16. The third-order valence-electron chi connectivity index (χ3n) is 3.19. The van der Waals surface area contributed by atoms with Gasteiger partial charge >= 0.3 is 0 Å². The lowest BCUT2D eigenvalue weighted by Gasteiger charge is -2.10. The van der Waals surface area contributed by atoms with Gasteiger partial charge in [-0.1, -0.05) is 18.2 Å². The van der Waals surface area contributed by atoms with E-state index in [-0.39, 0.29) is 11.9 Å². The van der Waals surface area contributed by atoms with Crippen LogP contribution in [0.5, 0.6) is 0 Å². The quantitative estimate of drug-likeness (QED) is 0.774. The minimum absolute atomic E-state index is 0.0807. The summed E-state index contributed by atoms with van der Waals surface area (Å²) in [6.45, 7) is 3.90. The van der Waals surface area contributed by atoms with Gasteiger partial charge < -0.3 is 10.3 Å². The van der Waals surface area contributed by atoms with Crippen LogP contribution >= 0.6 is 11.3 Å². The van der Waals surface area contributed by atoms with E-state index < -0.39 is 0 Å². The maximum atomic E-state index is 12.4. The van der Waals surface area contributed by atoms with Crippen LogP contribution in [0, 0.1) is 6.92 Å². The van der Waals surface area contributed by atoms with Gasteiger partial charge in [-0.25, -0.2) is 4.98 Å². The molecule has 3 rings (SSSR count). The molecule has 20 heavy (non-hydrogen) atoms. The van der Waals surface area contributed by atoms with Gasteiger partial charge in [0.2, 0.25) is 0 Å². The van der Waals surface area contributed by atoms with Crippen LogP contribution < -0.4 is 5.32 Å². The topological polar surface area (TPSA) is 57.8 Å². The molecule has 2 aromatic heterocycles. The molecule has 0 aliphatic heterocycles. The molecule has 0 saturated heterocycles. The number of carbonyl (C=O) groups is 1. The Kier molecular flexibility index (Phi) is 3.28. The number of rotatable bonds is 3. The fourth-order valence-electron chi connectivity index (χ4n) is 2.17. The molecule has 0 fully saturated rings. The number of hydrogen-bond acceptors (Lipinski definition) is 3. The fraction of sp³-hybridized carbons (Fsp3) is 0.200. The Morgan fingerprint density at radius 2 is 2.20 bits per heavy atom. The second-order valence-corrected chi connectivity index (χ2v) is 5.66. The molecule has 3 aromatic rings. The molecule has 0 spiro atoms. The van der Waals surface area contributed by atoms with Gasteiger partial charge in [-0.05, 0) is 19.9 Å². The third kappa shape index (κ3) is 2.32. The van der Waals surface area contributed by atoms with Gasteiger partial charge in [-0.2, -0.15) is 0 Å². The first kappa shape index (κ1) is 12.9. The van der Waals surface area contributed by atoms with Crippen molar-refractivity contribution in [2.24, 2.45) is 0 Å². The minimum Gasteiger partial charge on any atom is -0.360 e. The van der Waals surface area contributed by atoms with Crippen LogP contribution in [0.1, 0.15) is 34.0 Å². The molecule has 0 radical (unpaired) electrons. The number of carbonyl (C=O) groups excluding carboxylic acids is 1. The van der Waals surface area contributed by atoms with E-state index in [0.717, 1.165) is 21.6 Å². The zero-order valence-corrected chi connectivity index (χ0v) is 12.1. The number of hydrogen-bond donors (Lipinski definition) is 2. The number of nitrogens with zero attached hydrogens (tertiary/aromatic N) is 1. The molecule has 4 nitrogen and oxygen atoms in total. The average Bonchev–Trinajstić information content (AvgIpc) is 3.04. The first-order valence-corrected chi connectivity index (χ1v) is 7.32. The molecule has 2 N–H and O–H groups in total. The Morgan fingerprint density at radius 3 is 2.95 bits per heavy atom. The molecule has 1 aromatic carbocycles. The smallest absolute Gasteiger partial charge is 0.254 e. The Morgan fingerprint density at radius 1 is 1.40 bits per heavy atom. The number of fused-ring (bicyclic) bond motifs is 1. The van der Waals surface area contributed by atoms with Crippen LogP contribution in [-0.4, -0.2) is 15.9 Å². The van der Waals surface area contributed by atoms with Gasteiger partial charge in [0.1, 0.15) is 5.01 Å². The van der Waals surface area contributed by atoms with Crippen molar-refractivity contribution in [3.05, 3.63) is 52.1 Å². The van der Waals surface area contributed by atoms with Crippen molar-refractivity contribution in [2.75, 3.05) is 0 Å². The summed E-state index contributed by atoms with van der Waals surface area (Å²) in [4.78, 5) is 19.9. The summed E-state index contributed by atoms with van der Waals surface area (Å²) in [6, 6.07) is 7.69. The molecule has 1 amide bonds. The first-order chi connectivity index (χ1) is 9.65. The van der Waals surface area contributed by atoms with E-state index in [9.17, 15) is 4.79 Å². The summed E-state index contributed by atoms with van der Waals surface area (Å²) in [5.74, 6) is -0.0807. The van der Waals surface area contributed by atoms with E-state index in [1.807, 2.05) is 43.5 Å². The number of benzene rings is 1. The normalized spacial score (nSPS) is 12.5. The highest BCUT2D eigenvalue weighted by Crippen LogP contribution is 2.21. The molecule has 0 aliphatic rings. The largest absolute Gasteiger partial charge is 0.360 e. The summed E-state index contributed by atoms with van der Waals surface area (Å²) < 4.78 is 0. The number of H-pyrrole nitrogens is 1. The van der Waals surface area contributed by atoms with Crippen molar-refractivity contribution in [1.29, 1.82) is 0 Å². The van der Waals surface area contributed by atoms with Crippen LogP contribution in [-0.2, 0) is 0 Å². The van der Waals surface area contributed by atoms with E-state index >= 15 is 0 Å². The zero-order chi connectivity index (χ0) is 14.1. The van der Waals surface area contributed by atoms with Crippen LogP contribution in [0.2, 0.25) is 0 Å². The van der Waals surface area contributed by atoms with Crippen molar-refractivity contribution in [3.63, 3.8) is 0 Å². The number of para-hydroxylation sites is 1. The molecule has 5 heteroatoms. The van der Waals surface area contributed by atoms with Gasteiger partial charge in [0.15, 0.2) is 0 Å². The second kappa shape index (κ2) is 5.09. The molecule has 0 aliphatic carbocycles. The van der Waals surface area contributed by atoms with Crippen molar-refractivity contribution < 1.29 is 4.79 Å². The van der Waals surface area contributed by atoms with Gasteiger partial charge in [0.25, 0.3) is 5.91 Å². The monoisotopic (exact) mass is 285 g/mol. The van der Waals surface area contributed by atoms with Crippen molar-refractivity contribution >= 4 is 28.1 Å². The van der Waals surface area contributed by atoms with Crippen LogP contribution in [0.25, 0.3) is 10.9 Å². The minimum atomic E-state index is -0.0881. The van der Waals surface area contributed by atoms with E-state index in [2.05, 4.69) is 15.3 Å². The van der Waals surface area contributed by atoms with Crippen LogP contribution in [0.4, 0.5) is 0 Å². The van der Waals surface area contributed by atoms with Gasteiger partial charge in [0, 0.05) is 28.2 Å². The zero-order valence-electron chi connectivity index (χ0n) is 11.3. The van der Waals surface area contributed by atoms with Gasteiger partial charge in [-0.15, -0.1) is 11.3 Å². The number of amides is 1. The summed E-state index contributed by atoms with van der Waals surface area (Å²) in [5, 5.41) is 6.85. The number of nitrogens with one attached hydrogen (secondary N) is 2. The number of aromatic nitrogens is 2. The molecule has 102 valence electrons. The Hall–Kier alpha value is -2.14.